The quantitative estimate of drug-likeness (QED) is 0.639. The molecule has 5 nitrogen and oxygen atoms in total. The fourth-order valence-electron chi connectivity index (χ4n) is 3.42. The molecule has 0 N–H and O–H groups in total. The maximum Gasteiger partial charge on any atom is 0.307 e. The van der Waals surface area contributed by atoms with E-state index >= 15 is 0 Å². The maximum atomic E-state index is 12.7. The molecule has 1 aliphatic carbocycles. The van der Waals surface area contributed by atoms with Crippen LogP contribution in [0.15, 0.2) is 24.5 Å². The summed E-state index contributed by atoms with van der Waals surface area (Å²) in [5, 5.41) is 0. The van der Waals surface area contributed by atoms with Crippen LogP contribution < -0.4 is 0 Å². The summed E-state index contributed by atoms with van der Waals surface area (Å²) in [6.07, 6.45) is 11.7. The summed E-state index contributed by atoms with van der Waals surface area (Å²) in [7, 11) is 0. The highest BCUT2D eigenvalue weighted by Crippen LogP contribution is 2.27. The zero-order valence-corrected chi connectivity index (χ0v) is 15.3. The highest BCUT2D eigenvalue weighted by Gasteiger charge is 2.19. The minimum atomic E-state index is -0.248. The second-order valence-corrected chi connectivity index (χ2v) is 6.77. The number of rotatable bonds is 9. The lowest BCUT2D eigenvalue weighted by molar-refractivity contribution is -0.144. The van der Waals surface area contributed by atoms with Crippen LogP contribution in [-0.4, -0.2) is 34.9 Å². The molecule has 1 heterocycles. The predicted octanol–water partition coefficient (Wildman–Crippen LogP) is 3.72. The highest BCUT2D eigenvalue weighted by atomic mass is 16.5. The van der Waals surface area contributed by atoms with Crippen LogP contribution in [0.3, 0.4) is 0 Å². The Labute approximate surface area is 150 Å². The first-order valence-corrected chi connectivity index (χ1v) is 9.51. The normalized spacial score (nSPS) is 14.9. The molecule has 1 aliphatic rings. The van der Waals surface area contributed by atoms with Gasteiger partial charge in [-0.2, -0.15) is 0 Å². The standard InChI is InChI=1S/C20H30N2O3/c1-2-25-20(24)12-15-22(16-18-10-13-21-14-11-18)19(23)9-8-17-6-4-3-5-7-17/h10-11,13-14,17H,2-9,12,15-16H2,1H3. The molecule has 1 amide bonds. The molecule has 1 aromatic rings. The van der Waals surface area contributed by atoms with Gasteiger partial charge in [0.05, 0.1) is 13.0 Å². The van der Waals surface area contributed by atoms with Gasteiger partial charge in [0, 0.05) is 31.9 Å². The Bertz CT molecular complexity index is 527. The van der Waals surface area contributed by atoms with E-state index in [0.29, 0.717) is 32.0 Å². The van der Waals surface area contributed by atoms with Crippen molar-refractivity contribution in [1.29, 1.82) is 0 Å². The van der Waals surface area contributed by atoms with E-state index in [1.807, 2.05) is 12.1 Å². The van der Waals surface area contributed by atoms with E-state index in [9.17, 15) is 9.59 Å². The molecule has 25 heavy (non-hydrogen) atoms. The van der Waals surface area contributed by atoms with Crippen molar-refractivity contribution in [3.05, 3.63) is 30.1 Å². The third-order valence-electron chi connectivity index (χ3n) is 4.86. The average molecular weight is 346 g/mol. The Morgan fingerprint density at radius 2 is 1.88 bits per heavy atom. The molecule has 2 rings (SSSR count). The van der Waals surface area contributed by atoms with Gasteiger partial charge in [0.25, 0.3) is 0 Å². The first kappa shape index (κ1) is 19.4. The number of carbonyl (C=O) groups excluding carboxylic acids is 2. The van der Waals surface area contributed by atoms with Crippen LogP contribution in [0.1, 0.15) is 63.9 Å². The second-order valence-electron chi connectivity index (χ2n) is 6.77. The van der Waals surface area contributed by atoms with E-state index < -0.39 is 0 Å². The summed E-state index contributed by atoms with van der Waals surface area (Å²) in [5.74, 6) is 0.569. The largest absolute Gasteiger partial charge is 0.466 e. The predicted molar refractivity (Wildman–Crippen MR) is 96.7 cm³/mol. The number of amides is 1. The number of hydrogen-bond acceptors (Lipinski definition) is 4. The summed E-state index contributed by atoms with van der Waals surface area (Å²) >= 11 is 0. The zero-order valence-electron chi connectivity index (χ0n) is 15.3. The number of pyridine rings is 1. The Balaban J connectivity index is 1.89. The first-order chi connectivity index (χ1) is 12.2. The molecule has 0 spiro atoms. The van der Waals surface area contributed by atoms with Gasteiger partial charge < -0.3 is 9.64 Å². The van der Waals surface area contributed by atoms with Gasteiger partial charge in [-0.3, -0.25) is 14.6 Å². The molecule has 0 radical (unpaired) electrons. The van der Waals surface area contributed by atoms with Gasteiger partial charge in [0.2, 0.25) is 5.91 Å². The van der Waals surface area contributed by atoms with Crippen LogP contribution in [0.4, 0.5) is 0 Å². The van der Waals surface area contributed by atoms with E-state index in [4.69, 9.17) is 4.74 Å². The van der Waals surface area contributed by atoms with Crippen LogP contribution in [-0.2, 0) is 20.9 Å². The van der Waals surface area contributed by atoms with Gasteiger partial charge >= 0.3 is 5.97 Å². The fourth-order valence-corrected chi connectivity index (χ4v) is 3.42. The van der Waals surface area contributed by atoms with Gasteiger partial charge in [-0.1, -0.05) is 32.1 Å². The van der Waals surface area contributed by atoms with Crippen molar-refractivity contribution in [2.45, 2.75) is 64.8 Å². The lowest BCUT2D eigenvalue weighted by Crippen LogP contribution is -2.33. The average Bonchev–Trinajstić information content (AvgIpc) is 2.65. The molecular weight excluding hydrogens is 316 g/mol. The minimum absolute atomic E-state index is 0.131. The number of carbonyl (C=O) groups is 2. The summed E-state index contributed by atoms with van der Waals surface area (Å²) in [6, 6.07) is 3.82. The number of hydrogen-bond donors (Lipinski definition) is 0. The summed E-state index contributed by atoms with van der Waals surface area (Å²) in [4.78, 5) is 30.2. The topological polar surface area (TPSA) is 59.5 Å². The van der Waals surface area contributed by atoms with Crippen molar-refractivity contribution in [2.24, 2.45) is 5.92 Å². The Hall–Kier alpha value is -1.91. The molecule has 138 valence electrons. The van der Waals surface area contributed by atoms with Crippen LogP contribution in [0.25, 0.3) is 0 Å². The second kappa shape index (κ2) is 10.9. The maximum absolute atomic E-state index is 12.7. The molecular formula is C20H30N2O3. The van der Waals surface area contributed by atoms with Crippen molar-refractivity contribution < 1.29 is 14.3 Å². The van der Waals surface area contributed by atoms with Gasteiger partial charge in [0.15, 0.2) is 0 Å². The SMILES string of the molecule is CCOC(=O)CCN(Cc1ccncc1)C(=O)CCC1CCCCC1. The molecule has 1 fully saturated rings. The van der Waals surface area contributed by atoms with Crippen LogP contribution in [0.2, 0.25) is 0 Å². The third-order valence-corrected chi connectivity index (χ3v) is 4.86. The first-order valence-electron chi connectivity index (χ1n) is 9.51. The van der Waals surface area contributed by atoms with Crippen molar-refractivity contribution in [2.75, 3.05) is 13.2 Å². The molecule has 0 aliphatic heterocycles. The van der Waals surface area contributed by atoms with E-state index in [0.717, 1.165) is 12.0 Å². The summed E-state index contributed by atoms with van der Waals surface area (Å²) in [5.41, 5.74) is 1.03. The van der Waals surface area contributed by atoms with Crippen LogP contribution in [0, 0.1) is 5.92 Å². The van der Waals surface area contributed by atoms with Crippen LogP contribution >= 0.6 is 0 Å². The van der Waals surface area contributed by atoms with E-state index in [-0.39, 0.29) is 18.3 Å². The number of aromatic nitrogens is 1. The zero-order chi connectivity index (χ0) is 17.9. The van der Waals surface area contributed by atoms with Gasteiger partial charge in [-0.15, -0.1) is 0 Å². The molecule has 0 atom stereocenters. The summed E-state index contributed by atoms with van der Waals surface area (Å²) < 4.78 is 4.99. The molecule has 0 saturated heterocycles. The van der Waals surface area contributed by atoms with E-state index in [2.05, 4.69) is 4.98 Å². The van der Waals surface area contributed by atoms with Gasteiger partial charge in [0.1, 0.15) is 0 Å². The molecule has 0 bridgehead atoms. The van der Waals surface area contributed by atoms with Crippen molar-refractivity contribution in [1.82, 2.24) is 9.88 Å². The lowest BCUT2D eigenvalue weighted by atomic mass is 9.86. The number of nitrogens with zero attached hydrogens (tertiary/aromatic N) is 2. The molecule has 1 saturated carbocycles. The minimum Gasteiger partial charge on any atom is -0.466 e. The molecule has 5 heteroatoms. The van der Waals surface area contributed by atoms with Crippen molar-refractivity contribution in [3.8, 4) is 0 Å². The Morgan fingerprint density at radius 1 is 1.16 bits per heavy atom. The Morgan fingerprint density at radius 3 is 2.56 bits per heavy atom. The molecule has 0 unspecified atom stereocenters. The van der Waals surface area contributed by atoms with Gasteiger partial charge in [-0.25, -0.2) is 0 Å². The molecule has 1 aromatic heterocycles. The lowest BCUT2D eigenvalue weighted by Gasteiger charge is -2.25. The summed E-state index contributed by atoms with van der Waals surface area (Å²) in [6.45, 7) is 3.09. The molecule has 0 aromatic carbocycles. The number of ether oxygens (including phenoxy) is 1. The third kappa shape index (κ3) is 7.24. The van der Waals surface area contributed by atoms with Crippen molar-refractivity contribution in [3.63, 3.8) is 0 Å². The smallest absolute Gasteiger partial charge is 0.307 e. The number of esters is 1. The Kier molecular flexibility index (Phi) is 8.43. The van der Waals surface area contributed by atoms with Gasteiger partial charge in [-0.05, 0) is 37.0 Å². The van der Waals surface area contributed by atoms with E-state index in [1.54, 1.807) is 24.2 Å². The van der Waals surface area contributed by atoms with Crippen molar-refractivity contribution >= 4 is 11.9 Å². The van der Waals surface area contributed by atoms with E-state index in [1.165, 1.54) is 32.1 Å². The fraction of sp³-hybridized carbons (Fsp3) is 0.650. The highest BCUT2D eigenvalue weighted by molar-refractivity contribution is 5.77. The monoisotopic (exact) mass is 346 g/mol. The van der Waals surface area contributed by atoms with Crippen LogP contribution in [0.5, 0.6) is 0 Å².